The monoisotopic (exact) mass is 470 g/mol. The second-order valence-electron chi connectivity index (χ2n) is 14.9. The Morgan fingerprint density at radius 2 is 1.68 bits per heavy atom. The van der Waals surface area contributed by atoms with Crippen molar-refractivity contribution in [2.24, 2.45) is 56.7 Å². The predicted molar refractivity (Wildman–Crippen MR) is 132 cm³/mol. The third kappa shape index (κ3) is 2.25. The fraction of sp³-hybridized carbons (Fsp3) is 0.900. The maximum Gasteiger partial charge on any atom is 0.313 e. The zero-order chi connectivity index (χ0) is 24.7. The number of allylic oxidation sites excluding steroid dienone is 1. The molecule has 0 aromatic carbocycles. The van der Waals surface area contributed by atoms with Crippen LogP contribution in [0.1, 0.15) is 93.4 Å². The number of aliphatic hydroxyl groups is 2. The standard InChI is InChI=1S/C30H46O4/c1-17-8-12-29-15-14-28(7)27(6)11-9-20-25(3,4)23(32)19(31)16-26(20,5)21(27)10-13-30(28,34-24(29)33)22(29)18(17)2/h10,13,17-23,31-32H,8-9,11-12,14-16H2,1-7H3/t17-,18+,19-,20?,21-,22?,23-,26+,27-,28+,29+,30+/m1/s1. The molecule has 2 unspecified atom stereocenters. The molecule has 0 amide bonds. The van der Waals surface area contributed by atoms with Crippen molar-refractivity contribution in [1.29, 1.82) is 0 Å². The van der Waals surface area contributed by atoms with Crippen molar-refractivity contribution in [2.75, 3.05) is 0 Å². The first kappa shape index (κ1) is 23.5. The zero-order valence-corrected chi connectivity index (χ0v) is 22.4. The molecular formula is C30H46O4. The molecule has 1 saturated heterocycles. The van der Waals surface area contributed by atoms with Crippen molar-refractivity contribution in [3.8, 4) is 0 Å². The Kier molecular flexibility index (Phi) is 4.51. The number of hydrogen-bond acceptors (Lipinski definition) is 4. The molecule has 12 atom stereocenters. The van der Waals surface area contributed by atoms with E-state index in [2.05, 4.69) is 60.6 Å². The maximum atomic E-state index is 13.7. The highest BCUT2D eigenvalue weighted by molar-refractivity contribution is 5.82. The van der Waals surface area contributed by atoms with Crippen molar-refractivity contribution in [3.63, 3.8) is 0 Å². The predicted octanol–water partition coefficient (Wildman–Crippen LogP) is 5.51. The first-order chi connectivity index (χ1) is 15.7. The summed E-state index contributed by atoms with van der Waals surface area (Å²) < 4.78 is 6.68. The van der Waals surface area contributed by atoms with Gasteiger partial charge in [-0.3, -0.25) is 4.79 Å². The number of ether oxygens (including phenoxy) is 1. The molecule has 2 N–H and O–H groups in total. The van der Waals surface area contributed by atoms with Crippen LogP contribution in [0.2, 0.25) is 0 Å². The molecule has 0 aromatic heterocycles. The Balaban J connectivity index is 1.52. The molecule has 4 nitrogen and oxygen atoms in total. The van der Waals surface area contributed by atoms with Crippen LogP contribution < -0.4 is 0 Å². The van der Waals surface area contributed by atoms with Crippen LogP contribution in [0.5, 0.6) is 0 Å². The van der Waals surface area contributed by atoms with Crippen molar-refractivity contribution in [1.82, 2.24) is 0 Å². The zero-order valence-electron chi connectivity index (χ0n) is 22.4. The topological polar surface area (TPSA) is 66.8 Å². The number of carbonyl (C=O) groups excluding carboxylic acids is 1. The molecule has 2 bridgehead atoms. The van der Waals surface area contributed by atoms with Gasteiger partial charge in [0.05, 0.1) is 17.6 Å². The highest BCUT2D eigenvalue weighted by atomic mass is 16.6. The summed E-state index contributed by atoms with van der Waals surface area (Å²) in [6.07, 6.45) is 10.3. The van der Waals surface area contributed by atoms with Crippen LogP contribution in [-0.4, -0.2) is 34.0 Å². The van der Waals surface area contributed by atoms with Crippen LogP contribution in [-0.2, 0) is 9.53 Å². The lowest BCUT2D eigenvalue weighted by Crippen LogP contribution is -2.71. The Labute approximate surface area is 205 Å². The van der Waals surface area contributed by atoms with Crippen molar-refractivity contribution >= 4 is 5.97 Å². The van der Waals surface area contributed by atoms with E-state index in [9.17, 15) is 15.0 Å². The van der Waals surface area contributed by atoms with Gasteiger partial charge in [-0.2, -0.15) is 0 Å². The van der Waals surface area contributed by atoms with Gasteiger partial charge in [-0.05, 0) is 90.9 Å². The number of carbonyl (C=O) groups is 1. The molecule has 5 aliphatic carbocycles. The van der Waals surface area contributed by atoms with E-state index < -0.39 is 17.8 Å². The van der Waals surface area contributed by atoms with Crippen molar-refractivity contribution in [2.45, 2.75) is 111 Å². The van der Waals surface area contributed by atoms with Crippen LogP contribution in [0.4, 0.5) is 0 Å². The van der Waals surface area contributed by atoms with Gasteiger partial charge in [-0.25, -0.2) is 0 Å². The normalized spacial score (nSPS) is 61.6. The third-order valence-corrected chi connectivity index (χ3v) is 13.7. The number of hydrogen-bond donors (Lipinski definition) is 2. The van der Waals surface area contributed by atoms with E-state index in [1.165, 1.54) is 0 Å². The fourth-order valence-electron chi connectivity index (χ4n) is 11.6. The molecule has 6 rings (SSSR count). The van der Waals surface area contributed by atoms with Gasteiger partial charge in [-0.15, -0.1) is 0 Å². The average molecular weight is 471 g/mol. The number of fused-ring (bicyclic) bond motifs is 4. The largest absolute Gasteiger partial charge is 0.453 e. The van der Waals surface area contributed by atoms with Crippen LogP contribution in [0.25, 0.3) is 0 Å². The lowest BCUT2D eigenvalue weighted by molar-refractivity contribution is -0.257. The minimum absolute atomic E-state index is 0.0255. The molecule has 0 aromatic rings. The summed E-state index contributed by atoms with van der Waals surface area (Å²) in [7, 11) is 0. The molecule has 1 heterocycles. The summed E-state index contributed by atoms with van der Waals surface area (Å²) in [5.41, 5.74) is -1.40. The quantitative estimate of drug-likeness (QED) is 0.362. The molecular weight excluding hydrogens is 424 g/mol. The van der Waals surface area contributed by atoms with E-state index in [0.717, 1.165) is 38.5 Å². The smallest absolute Gasteiger partial charge is 0.313 e. The van der Waals surface area contributed by atoms with Gasteiger partial charge in [0, 0.05) is 11.3 Å². The summed E-state index contributed by atoms with van der Waals surface area (Å²) >= 11 is 0. The van der Waals surface area contributed by atoms with Crippen molar-refractivity contribution in [3.05, 3.63) is 12.2 Å². The molecule has 34 heavy (non-hydrogen) atoms. The van der Waals surface area contributed by atoms with E-state index in [-0.39, 0.29) is 39.0 Å². The number of aliphatic hydroxyl groups excluding tert-OH is 2. The Morgan fingerprint density at radius 3 is 2.38 bits per heavy atom. The van der Waals surface area contributed by atoms with Gasteiger partial charge in [0.1, 0.15) is 5.60 Å². The van der Waals surface area contributed by atoms with Crippen LogP contribution in [0, 0.1) is 56.7 Å². The Bertz CT molecular complexity index is 955. The van der Waals surface area contributed by atoms with E-state index in [4.69, 9.17) is 4.74 Å². The molecule has 4 heteroatoms. The summed E-state index contributed by atoms with van der Waals surface area (Å²) in [4.78, 5) is 13.7. The minimum Gasteiger partial charge on any atom is -0.453 e. The second-order valence-corrected chi connectivity index (χ2v) is 14.9. The third-order valence-electron chi connectivity index (χ3n) is 13.7. The van der Waals surface area contributed by atoms with Gasteiger partial charge in [0.2, 0.25) is 0 Å². The molecule has 5 fully saturated rings. The molecule has 4 saturated carbocycles. The summed E-state index contributed by atoms with van der Waals surface area (Å²) in [6.45, 7) is 16.3. The Hall–Kier alpha value is -0.870. The lowest BCUT2D eigenvalue weighted by atomic mass is 9.32. The molecule has 1 aliphatic heterocycles. The highest BCUT2D eigenvalue weighted by Crippen LogP contribution is 2.79. The summed E-state index contributed by atoms with van der Waals surface area (Å²) in [5, 5.41) is 21.9. The van der Waals surface area contributed by atoms with E-state index in [1.54, 1.807) is 0 Å². The summed E-state index contributed by atoms with van der Waals surface area (Å²) in [5.74, 6) is 2.03. The molecule has 0 radical (unpaired) electrons. The fourth-order valence-corrected chi connectivity index (χ4v) is 11.6. The average Bonchev–Trinajstić information content (AvgIpc) is 2.96. The van der Waals surface area contributed by atoms with E-state index in [0.29, 0.717) is 30.1 Å². The maximum absolute atomic E-state index is 13.7. The second kappa shape index (κ2) is 6.52. The highest BCUT2D eigenvalue weighted by Gasteiger charge is 2.80. The van der Waals surface area contributed by atoms with Crippen LogP contribution in [0.15, 0.2) is 12.2 Å². The minimum atomic E-state index is -0.696. The first-order valence-corrected chi connectivity index (χ1v) is 14.0. The summed E-state index contributed by atoms with van der Waals surface area (Å²) in [6, 6.07) is 0. The molecule has 190 valence electrons. The van der Waals surface area contributed by atoms with Crippen LogP contribution >= 0.6 is 0 Å². The number of esters is 1. The lowest BCUT2D eigenvalue weighted by Gasteiger charge is -2.72. The van der Waals surface area contributed by atoms with Gasteiger partial charge >= 0.3 is 5.97 Å². The number of rotatable bonds is 0. The first-order valence-electron chi connectivity index (χ1n) is 14.0. The van der Waals surface area contributed by atoms with E-state index >= 15 is 0 Å². The van der Waals surface area contributed by atoms with Gasteiger partial charge in [0.25, 0.3) is 0 Å². The Morgan fingerprint density at radius 1 is 0.971 bits per heavy atom. The molecule has 6 aliphatic rings. The van der Waals surface area contributed by atoms with Gasteiger partial charge < -0.3 is 14.9 Å². The van der Waals surface area contributed by atoms with Crippen LogP contribution in [0.3, 0.4) is 0 Å². The van der Waals surface area contributed by atoms with E-state index in [1.807, 2.05) is 0 Å². The molecule has 1 spiro atoms. The SMILES string of the molecule is C[C@@H]1CC[C@@]23CC[C@]4(C)[C@@](C=C[C@@H]5[C@@]6(C)C[C@@H](O)[C@@H](O)C(C)(C)C6CC[C@]54C)(OC2=O)C3[C@H]1C. The van der Waals surface area contributed by atoms with Gasteiger partial charge in [0.15, 0.2) is 0 Å². The van der Waals surface area contributed by atoms with Gasteiger partial charge in [-0.1, -0.05) is 54.5 Å². The van der Waals surface area contributed by atoms with Crippen molar-refractivity contribution < 1.29 is 19.7 Å².